The van der Waals surface area contributed by atoms with Crippen LogP contribution in [-0.4, -0.2) is 18.6 Å². The number of aromatic nitrogens is 1. The smallest absolute Gasteiger partial charge is 0.217 e. The van der Waals surface area contributed by atoms with Crippen LogP contribution < -0.4 is 10.1 Å². The predicted octanol–water partition coefficient (Wildman–Crippen LogP) is 2.29. The van der Waals surface area contributed by atoms with E-state index >= 15 is 0 Å². The molecule has 0 saturated carbocycles. The highest BCUT2D eigenvalue weighted by Crippen LogP contribution is 2.27. The van der Waals surface area contributed by atoms with Crippen molar-refractivity contribution in [3.8, 4) is 5.88 Å². The van der Waals surface area contributed by atoms with Crippen molar-refractivity contribution in [3.63, 3.8) is 0 Å². The Balaban J connectivity index is 2.18. The van der Waals surface area contributed by atoms with E-state index < -0.39 is 0 Å². The SMILES string of the molecule is COc1ncccc1C1CCCCCN1. The summed E-state index contributed by atoms with van der Waals surface area (Å²) in [6, 6.07) is 4.50. The molecule has 1 unspecified atom stereocenters. The topological polar surface area (TPSA) is 34.1 Å². The van der Waals surface area contributed by atoms with Gasteiger partial charge in [0.2, 0.25) is 5.88 Å². The van der Waals surface area contributed by atoms with E-state index in [1.165, 1.54) is 31.2 Å². The first-order chi connectivity index (χ1) is 7.42. The fourth-order valence-corrected chi connectivity index (χ4v) is 2.13. The molecule has 0 bridgehead atoms. The lowest BCUT2D eigenvalue weighted by Gasteiger charge is -2.17. The summed E-state index contributed by atoms with van der Waals surface area (Å²) in [6.07, 6.45) is 6.85. The molecular weight excluding hydrogens is 188 g/mol. The molecule has 0 aromatic carbocycles. The average molecular weight is 206 g/mol. The molecule has 3 nitrogen and oxygen atoms in total. The van der Waals surface area contributed by atoms with Crippen LogP contribution in [0.1, 0.15) is 37.3 Å². The van der Waals surface area contributed by atoms with E-state index in [9.17, 15) is 0 Å². The molecule has 82 valence electrons. The van der Waals surface area contributed by atoms with Crippen LogP contribution in [0.4, 0.5) is 0 Å². The van der Waals surface area contributed by atoms with Crippen LogP contribution in [-0.2, 0) is 0 Å². The lowest BCUT2D eigenvalue weighted by molar-refractivity contribution is 0.381. The average Bonchev–Trinajstić information content (AvgIpc) is 2.57. The number of nitrogens with one attached hydrogen (secondary N) is 1. The van der Waals surface area contributed by atoms with Gasteiger partial charge in [0, 0.05) is 17.8 Å². The summed E-state index contributed by atoms with van der Waals surface area (Å²) in [6.45, 7) is 1.10. The molecular formula is C12H18N2O. The third-order valence-corrected chi connectivity index (χ3v) is 2.93. The van der Waals surface area contributed by atoms with Crippen LogP contribution in [0.15, 0.2) is 18.3 Å². The summed E-state index contributed by atoms with van der Waals surface area (Å²) >= 11 is 0. The lowest BCUT2D eigenvalue weighted by atomic mass is 10.0. The van der Waals surface area contributed by atoms with Crippen LogP contribution in [0.2, 0.25) is 0 Å². The fraction of sp³-hybridized carbons (Fsp3) is 0.583. The molecule has 1 aromatic heterocycles. The van der Waals surface area contributed by atoms with Crippen LogP contribution in [0.25, 0.3) is 0 Å². The van der Waals surface area contributed by atoms with E-state index in [-0.39, 0.29) is 0 Å². The van der Waals surface area contributed by atoms with Crippen molar-refractivity contribution in [1.82, 2.24) is 10.3 Å². The highest BCUT2D eigenvalue weighted by atomic mass is 16.5. The van der Waals surface area contributed by atoms with Crippen LogP contribution in [0.3, 0.4) is 0 Å². The molecule has 0 amide bonds. The minimum Gasteiger partial charge on any atom is -0.481 e. The van der Waals surface area contributed by atoms with E-state index in [1.54, 1.807) is 13.3 Å². The summed E-state index contributed by atoms with van der Waals surface area (Å²) in [5, 5.41) is 3.55. The molecule has 0 spiro atoms. The number of hydrogen-bond donors (Lipinski definition) is 1. The van der Waals surface area contributed by atoms with E-state index in [4.69, 9.17) is 4.74 Å². The molecule has 3 heteroatoms. The van der Waals surface area contributed by atoms with Gasteiger partial charge in [0.05, 0.1) is 7.11 Å². The standard InChI is InChI=1S/C12H18N2O/c1-15-12-10(6-5-9-14-12)11-7-3-2-4-8-13-11/h5-6,9,11,13H,2-4,7-8H2,1H3. The summed E-state index contributed by atoms with van der Waals surface area (Å²) in [4.78, 5) is 4.24. The zero-order chi connectivity index (χ0) is 10.5. The first kappa shape index (κ1) is 10.4. The molecule has 1 aromatic rings. The van der Waals surface area contributed by atoms with Crippen molar-refractivity contribution in [1.29, 1.82) is 0 Å². The van der Waals surface area contributed by atoms with Crippen molar-refractivity contribution in [2.75, 3.05) is 13.7 Å². The molecule has 1 saturated heterocycles. The molecule has 2 heterocycles. The molecule has 0 aliphatic carbocycles. The molecule has 1 N–H and O–H groups in total. The molecule has 1 aliphatic rings. The maximum absolute atomic E-state index is 5.29. The Bertz CT molecular complexity index is 306. The Morgan fingerprint density at radius 3 is 3.20 bits per heavy atom. The normalized spacial score (nSPS) is 22.1. The minimum absolute atomic E-state index is 0.413. The zero-order valence-electron chi connectivity index (χ0n) is 9.20. The van der Waals surface area contributed by atoms with Gasteiger partial charge in [-0.25, -0.2) is 4.98 Å². The van der Waals surface area contributed by atoms with Crippen LogP contribution in [0.5, 0.6) is 5.88 Å². The van der Waals surface area contributed by atoms with Crippen molar-refractivity contribution >= 4 is 0 Å². The van der Waals surface area contributed by atoms with Gasteiger partial charge in [-0.2, -0.15) is 0 Å². The Kier molecular flexibility index (Phi) is 3.56. The summed E-state index contributed by atoms with van der Waals surface area (Å²) in [7, 11) is 1.68. The first-order valence-corrected chi connectivity index (χ1v) is 5.64. The molecule has 1 fully saturated rings. The zero-order valence-corrected chi connectivity index (χ0v) is 9.20. The van der Waals surface area contributed by atoms with Crippen LogP contribution in [0, 0.1) is 0 Å². The Hall–Kier alpha value is -1.09. The third-order valence-electron chi connectivity index (χ3n) is 2.93. The quantitative estimate of drug-likeness (QED) is 0.806. The summed E-state index contributed by atoms with van der Waals surface area (Å²) in [5.74, 6) is 0.761. The molecule has 1 atom stereocenters. The number of nitrogens with zero attached hydrogens (tertiary/aromatic N) is 1. The van der Waals surface area contributed by atoms with E-state index in [0.29, 0.717) is 6.04 Å². The minimum atomic E-state index is 0.413. The first-order valence-electron chi connectivity index (χ1n) is 5.64. The molecule has 2 rings (SSSR count). The molecule has 0 radical (unpaired) electrons. The van der Waals surface area contributed by atoms with E-state index in [2.05, 4.69) is 16.4 Å². The highest BCUT2D eigenvalue weighted by molar-refractivity contribution is 5.28. The largest absolute Gasteiger partial charge is 0.481 e. The number of ether oxygens (including phenoxy) is 1. The Morgan fingerprint density at radius 1 is 1.40 bits per heavy atom. The van der Waals surface area contributed by atoms with E-state index in [1.807, 2.05) is 6.07 Å². The van der Waals surface area contributed by atoms with Gasteiger partial charge >= 0.3 is 0 Å². The van der Waals surface area contributed by atoms with E-state index in [0.717, 1.165) is 12.4 Å². The second kappa shape index (κ2) is 5.12. The van der Waals surface area contributed by atoms with Gasteiger partial charge in [0.25, 0.3) is 0 Å². The maximum atomic E-state index is 5.29. The third kappa shape index (κ3) is 2.48. The van der Waals surface area contributed by atoms with Gasteiger partial charge in [-0.1, -0.05) is 18.9 Å². The second-order valence-corrected chi connectivity index (χ2v) is 3.96. The number of pyridine rings is 1. The summed E-state index contributed by atoms with van der Waals surface area (Å²) in [5.41, 5.74) is 1.20. The number of hydrogen-bond acceptors (Lipinski definition) is 3. The van der Waals surface area contributed by atoms with Crippen molar-refractivity contribution in [3.05, 3.63) is 23.9 Å². The second-order valence-electron chi connectivity index (χ2n) is 3.96. The predicted molar refractivity (Wildman–Crippen MR) is 60.0 cm³/mol. The van der Waals surface area contributed by atoms with Gasteiger partial charge in [-0.3, -0.25) is 0 Å². The van der Waals surface area contributed by atoms with Gasteiger partial charge in [-0.15, -0.1) is 0 Å². The van der Waals surface area contributed by atoms with Gasteiger partial charge in [0.15, 0.2) is 0 Å². The monoisotopic (exact) mass is 206 g/mol. The van der Waals surface area contributed by atoms with Gasteiger partial charge < -0.3 is 10.1 Å². The maximum Gasteiger partial charge on any atom is 0.217 e. The fourth-order valence-electron chi connectivity index (χ4n) is 2.13. The Morgan fingerprint density at radius 2 is 2.33 bits per heavy atom. The molecule has 1 aliphatic heterocycles. The van der Waals surface area contributed by atoms with Crippen molar-refractivity contribution in [2.24, 2.45) is 0 Å². The number of rotatable bonds is 2. The van der Waals surface area contributed by atoms with Crippen molar-refractivity contribution in [2.45, 2.75) is 31.7 Å². The summed E-state index contributed by atoms with van der Waals surface area (Å²) < 4.78 is 5.29. The number of methoxy groups -OCH3 is 1. The Labute approximate surface area is 90.9 Å². The van der Waals surface area contributed by atoms with Gasteiger partial charge in [-0.05, 0) is 25.5 Å². The van der Waals surface area contributed by atoms with Crippen LogP contribution >= 0.6 is 0 Å². The lowest BCUT2D eigenvalue weighted by Crippen LogP contribution is -2.21. The molecule has 15 heavy (non-hydrogen) atoms. The highest BCUT2D eigenvalue weighted by Gasteiger charge is 2.17. The van der Waals surface area contributed by atoms with Gasteiger partial charge in [0.1, 0.15) is 0 Å². The van der Waals surface area contributed by atoms with Crippen molar-refractivity contribution < 1.29 is 4.74 Å².